The summed E-state index contributed by atoms with van der Waals surface area (Å²) in [6, 6.07) is 4.93. The van der Waals surface area contributed by atoms with Gasteiger partial charge in [-0.15, -0.1) is 10.2 Å². The van der Waals surface area contributed by atoms with Crippen LogP contribution in [0.25, 0.3) is 11.4 Å². The van der Waals surface area contributed by atoms with Gasteiger partial charge in [0.1, 0.15) is 0 Å². The van der Waals surface area contributed by atoms with Crippen LogP contribution in [0.5, 0.6) is 0 Å². The molecule has 2 rings (SSSR count). The molecule has 0 saturated heterocycles. The molecule has 18 heavy (non-hydrogen) atoms. The van der Waals surface area contributed by atoms with Crippen LogP contribution in [-0.4, -0.2) is 26.7 Å². The fraction of sp³-hybridized carbons (Fsp3) is 0.273. The highest BCUT2D eigenvalue weighted by Crippen LogP contribution is 2.30. The van der Waals surface area contributed by atoms with Crippen molar-refractivity contribution in [2.24, 2.45) is 7.05 Å². The van der Waals surface area contributed by atoms with Crippen molar-refractivity contribution in [2.45, 2.75) is 6.92 Å². The average molecular weight is 247 g/mol. The molecule has 0 aliphatic carbocycles. The molecule has 0 aliphatic rings. The first kappa shape index (κ1) is 12.0. The highest BCUT2D eigenvalue weighted by molar-refractivity contribution is 5.69. The quantitative estimate of drug-likeness (QED) is 0.659. The van der Waals surface area contributed by atoms with Crippen LogP contribution in [0.15, 0.2) is 18.2 Å². The fourth-order valence-electron chi connectivity index (χ4n) is 1.77. The largest absolute Gasteiger partial charge is 0.357 e. The molecule has 0 unspecified atom stereocenters. The first-order chi connectivity index (χ1) is 8.54. The van der Waals surface area contributed by atoms with E-state index in [2.05, 4.69) is 15.5 Å². The molecule has 7 nitrogen and oxygen atoms in total. The zero-order valence-electron chi connectivity index (χ0n) is 10.3. The number of rotatable bonds is 3. The molecule has 1 heterocycles. The zero-order valence-corrected chi connectivity index (χ0v) is 10.3. The lowest BCUT2D eigenvalue weighted by Crippen LogP contribution is -2.01. The number of nitro benzene ring substituents is 1. The Bertz CT molecular complexity index is 605. The molecule has 0 aliphatic heterocycles. The maximum Gasteiger partial charge on any atom is 0.280 e. The van der Waals surface area contributed by atoms with Gasteiger partial charge in [-0.25, -0.2) is 0 Å². The summed E-state index contributed by atoms with van der Waals surface area (Å²) in [6.45, 7) is 1.88. The molecular weight excluding hydrogens is 234 g/mol. The van der Waals surface area contributed by atoms with Crippen LogP contribution in [0.1, 0.15) is 5.56 Å². The van der Waals surface area contributed by atoms with E-state index in [1.807, 2.05) is 6.92 Å². The molecule has 1 aromatic heterocycles. The van der Waals surface area contributed by atoms with Crippen LogP contribution >= 0.6 is 0 Å². The smallest absolute Gasteiger partial charge is 0.280 e. The van der Waals surface area contributed by atoms with Gasteiger partial charge in [0.05, 0.1) is 10.5 Å². The number of anilines is 1. The average Bonchev–Trinajstić information content (AvgIpc) is 2.69. The van der Waals surface area contributed by atoms with Crippen molar-refractivity contribution in [3.05, 3.63) is 33.9 Å². The van der Waals surface area contributed by atoms with Gasteiger partial charge < -0.3 is 5.32 Å². The van der Waals surface area contributed by atoms with Crippen molar-refractivity contribution in [1.82, 2.24) is 14.8 Å². The number of nitro groups is 1. The van der Waals surface area contributed by atoms with E-state index in [0.29, 0.717) is 17.3 Å². The highest BCUT2D eigenvalue weighted by Gasteiger charge is 2.20. The Morgan fingerprint density at radius 2 is 2.11 bits per heavy atom. The molecule has 0 bridgehead atoms. The van der Waals surface area contributed by atoms with Gasteiger partial charge in [-0.1, -0.05) is 6.07 Å². The molecule has 0 radical (unpaired) electrons. The topological polar surface area (TPSA) is 85.9 Å². The van der Waals surface area contributed by atoms with Crippen molar-refractivity contribution >= 4 is 11.6 Å². The standard InChI is InChI=1S/C11H13N5O2/c1-7-4-5-9(16(17)18)8(6-7)10-13-14-11(12-2)15(10)3/h4-6H,1-3H3,(H,12,14). The van der Waals surface area contributed by atoms with E-state index in [-0.39, 0.29) is 5.69 Å². The summed E-state index contributed by atoms with van der Waals surface area (Å²) in [5, 5.41) is 21.8. The Hall–Kier alpha value is -2.44. The normalized spacial score (nSPS) is 10.4. The Labute approximate surface area is 104 Å². The monoisotopic (exact) mass is 247 g/mol. The first-order valence-corrected chi connectivity index (χ1v) is 5.37. The third-order valence-corrected chi connectivity index (χ3v) is 2.69. The molecule has 0 atom stereocenters. The second-order valence-corrected chi connectivity index (χ2v) is 3.93. The van der Waals surface area contributed by atoms with Crippen LogP contribution in [0.2, 0.25) is 0 Å². The minimum Gasteiger partial charge on any atom is -0.357 e. The maximum atomic E-state index is 11.0. The van der Waals surface area contributed by atoms with Crippen LogP contribution in [0.3, 0.4) is 0 Å². The first-order valence-electron chi connectivity index (χ1n) is 5.37. The summed E-state index contributed by atoms with van der Waals surface area (Å²) in [6.07, 6.45) is 0. The summed E-state index contributed by atoms with van der Waals surface area (Å²) < 4.78 is 1.68. The Morgan fingerprint density at radius 3 is 2.67 bits per heavy atom. The van der Waals surface area contributed by atoms with Crippen molar-refractivity contribution in [3.8, 4) is 11.4 Å². The van der Waals surface area contributed by atoms with Gasteiger partial charge in [0.2, 0.25) is 5.95 Å². The van der Waals surface area contributed by atoms with E-state index in [1.54, 1.807) is 30.8 Å². The number of nitrogens with one attached hydrogen (secondary N) is 1. The van der Waals surface area contributed by atoms with Gasteiger partial charge in [-0.2, -0.15) is 0 Å². The molecule has 1 aromatic carbocycles. The van der Waals surface area contributed by atoms with Crippen molar-refractivity contribution in [2.75, 3.05) is 12.4 Å². The Morgan fingerprint density at radius 1 is 1.39 bits per heavy atom. The fourth-order valence-corrected chi connectivity index (χ4v) is 1.77. The molecule has 0 fully saturated rings. The number of hydrogen-bond donors (Lipinski definition) is 1. The van der Waals surface area contributed by atoms with E-state index in [1.165, 1.54) is 6.07 Å². The molecule has 7 heteroatoms. The van der Waals surface area contributed by atoms with E-state index in [0.717, 1.165) is 5.56 Å². The van der Waals surface area contributed by atoms with Crippen molar-refractivity contribution < 1.29 is 4.92 Å². The van der Waals surface area contributed by atoms with Gasteiger partial charge in [-0.3, -0.25) is 14.7 Å². The summed E-state index contributed by atoms with van der Waals surface area (Å²) in [5.74, 6) is 1.02. The van der Waals surface area contributed by atoms with Crippen LogP contribution in [0.4, 0.5) is 11.6 Å². The maximum absolute atomic E-state index is 11.0. The highest BCUT2D eigenvalue weighted by atomic mass is 16.6. The molecule has 1 N–H and O–H groups in total. The van der Waals surface area contributed by atoms with E-state index >= 15 is 0 Å². The molecule has 0 saturated carbocycles. The lowest BCUT2D eigenvalue weighted by atomic mass is 10.1. The third-order valence-electron chi connectivity index (χ3n) is 2.69. The van der Waals surface area contributed by atoms with Crippen LogP contribution in [-0.2, 0) is 7.05 Å². The number of nitrogens with zero attached hydrogens (tertiary/aromatic N) is 4. The molecule has 2 aromatic rings. The van der Waals surface area contributed by atoms with Crippen molar-refractivity contribution in [1.29, 1.82) is 0 Å². The lowest BCUT2D eigenvalue weighted by molar-refractivity contribution is -0.384. The number of aryl methyl sites for hydroxylation is 1. The van der Waals surface area contributed by atoms with Crippen molar-refractivity contribution in [3.63, 3.8) is 0 Å². The molecule has 0 amide bonds. The number of hydrogen-bond acceptors (Lipinski definition) is 5. The molecular formula is C11H13N5O2. The summed E-state index contributed by atoms with van der Waals surface area (Å²) >= 11 is 0. The predicted octanol–water partition coefficient (Wildman–Crippen LogP) is 1.74. The van der Waals surface area contributed by atoms with Gasteiger partial charge in [-0.05, 0) is 18.6 Å². The SMILES string of the molecule is CNc1nnc(-c2cc(C)ccc2[N+](=O)[O-])n1C. The summed E-state index contributed by atoms with van der Waals surface area (Å²) in [5.41, 5.74) is 1.43. The zero-order chi connectivity index (χ0) is 13.3. The Balaban J connectivity index is 2.65. The lowest BCUT2D eigenvalue weighted by Gasteiger charge is -2.05. The van der Waals surface area contributed by atoms with Gasteiger partial charge >= 0.3 is 0 Å². The summed E-state index contributed by atoms with van der Waals surface area (Å²) in [7, 11) is 3.48. The third kappa shape index (κ3) is 1.90. The van der Waals surface area contributed by atoms with E-state index < -0.39 is 4.92 Å². The molecule has 94 valence electrons. The van der Waals surface area contributed by atoms with Gasteiger partial charge in [0, 0.05) is 20.2 Å². The minimum absolute atomic E-state index is 0.0266. The molecule has 0 spiro atoms. The van der Waals surface area contributed by atoms with Gasteiger partial charge in [0.25, 0.3) is 5.69 Å². The van der Waals surface area contributed by atoms with E-state index in [9.17, 15) is 10.1 Å². The summed E-state index contributed by atoms with van der Waals surface area (Å²) in [4.78, 5) is 10.6. The number of aromatic nitrogens is 3. The second kappa shape index (κ2) is 4.44. The minimum atomic E-state index is -0.414. The van der Waals surface area contributed by atoms with Crippen LogP contribution < -0.4 is 5.32 Å². The predicted molar refractivity (Wildman–Crippen MR) is 67.4 cm³/mol. The Kier molecular flexibility index (Phi) is 2.97. The second-order valence-electron chi connectivity index (χ2n) is 3.93. The number of benzene rings is 1. The van der Waals surface area contributed by atoms with Crippen LogP contribution in [0, 0.1) is 17.0 Å². The van der Waals surface area contributed by atoms with E-state index in [4.69, 9.17) is 0 Å². The van der Waals surface area contributed by atoms with Gasteiger partial charge in [0.15, 0.2) is 5.82 Å².